The monoisotopic (exact) mass is 364 g/mol. The van der Waals surface area contributed by atoms with E-state index >= 15 is 0 Å². The van der Waals surface area contributed by atoms with Crippen molar-refractivity contribution in [3.05, 3.63) is 51.6 Å². The number of methoxy groups -OCH3 is 1. The first kappa shape index (κ1) is 15.6. The van der Waals surface area contributed by atoms with Crippen LogP contribution in [0.25, 0.3) is 21.9 Å². The second kappa shape index (κ2) is 5.70. The predicted octanol–water partition coefficient (Wildman–Crippen LogP) is 1.48. The number of hydrogen-bond donors (Lipinski definition) is 3. The quantitative estimate of drug-likeness (QED) is 0.464. The van der Waals surface area contributed by atoms with Gasteiger partial charge in [0.25, 0.3) is 5.56 Å². The van der Waals surface area contributed by atoms with Gasteiger partial charge in [0.2, 0.25) is 5.95 Å². The van der Waals surface area contributed by atoms with E-state index in [9.17, 15) is 9.59 Å². The maximum absolute atomic E-state index is 12.2. The Morgan fingerprint density at radius 2 is 2.15 bits per heavy atom. The molecule has 0 spiro atoms. The average molecular weight is 364 g/mol. The third-order valence-corrected chi connectivity index (χ3v) is 5.00. The minimum atomic E-state index is -0.366. The smallest absolute Gasteiger partial charge is 0.337 e. The van der Waals surface area contributed by atoms with Crippen molar-refractivity contribution in [2.75, 3.05) is 18.6 Å². The van der Waals surface area contributed by atoms with Crippen molar-refractivity contribution in [2.45, 2.75) is 13.0 Å². The highest BCUT2D eigenvalue weighted by Gasteiger charge is 2.23. The summed E-state index contributed by atoms with van der Waals surface area (Å²) in [6.45, 7) is 1.29. The first-order chi connectivity index (χ1) is 13.1. The van der Waals surface area contributed by atoms with Gasteiger partial charge in [-0.1, -0.05) is 0 Å². The van der Waals surface area contributed by atoms with Gasteiger partial charge in [-0.15, -0.1) is 0 Å². The molecule has 0 fully saturated rings. The van der Waals surface area contributed by atoms with Crippen molar-refractivity contribution in [3.63, 3.8) is 0 Å². The largest absolute Gasteiger partial charge is 0.465 e. The summed E-state index contributed by atoms with van der Waals surface area (Å²) in [5.41, 5.74) is 3.95. The minimum Gasteiger partial charge on any atom is -0.465 e. The molecule has 0 aliphatic carbocycles. The second-order valence-electron chi connectivity index (χ2n) is 6.53. The molecule has 3 N–H and O–H groups in total. The summed E-state index contributed by atoms with van der Waals surface area (Å²) in [6.07, 6.45) is 2.25. The zero-order valence-electron chi connectivity index (χ0n) is 14.5. The molecule has 4 heterocycles. The molecule has 0 unspecified atom stereocenters. The van der Waals surface area contributed by atoms with Crippen LogP contribution in [0.3, 0.4) is 0 Å². The number of ether oxygens (including phenoxy) is 1. The van der Waals surface area contributed by atoms with Crippen LogP contribution in [-0.4, -0.2) is 44.8 Å². The Morgan fingerprint density at radius 1 is 1.26 bits per heavy atom. The number of carbonyl (C=O) groups excluding carboxylic acids is 1. The summed E-state index contributed by atoms with van der Waals surface area (Å²) in [7, 11) is 1.37. The minimum absolute atomic E-state index is 0.221. The van der Waals surface area contributed by atoms with E-state index in [0.29, 0.717) is 35.6 Å². The fraction of sp³-hybridized carbons (Fsp3) is 0.222. The highest BCUT2D eigenvalue weighted by Crippen LogP contribution is 2.30. The van der Waals surface area contributed by atoms with Gasteiger partial charge in [0.1, 0.15) is 5.39 Å². The Labute approximate surface area is 152 Å². The molecule has 5 rings (SSSR count). The zero-order valence-corrected chi connectivity index (χ0v) is 14.5. The van der Waals surface area contributed by atoms with Gasteiger partial charge in [-0.05, 0) is 18.2 Å². The van der Waals surface area contributed by atoms with Gasteiger partial charge in [0.15, 0.2) is 5.65 Å². The lowest BCUT2D eigenvalue weighted by atomic mass is 10.0. The molecule has 0 saturated carbocycles. The van der Waals surface area contributed by atoms with Crippen LogP contribution in [0.1, 0.15) is 21.6 Å². The molecule has 1 aliphatic heterocycles. The number of nitrogens with one attached hydrogen (secondary N) is 3. The normalized spacial score (nSPS) is 13.9. The van der Waals surface area contributed by atoms with E-state index < -0.39 is 0 Å². The van der Waals surface area contributed by atoms with E-state index in [2.05, 4.69) is 25.1 Å². The fourth-order valence-corrected chi connectivity index (χ4v) is 3.62. The van der Waals surface area contributed by atoms with Crippen molar-refractivity contribution < 1.29 is 9.53 Å². The molecule has 3 aromatic heterocycles. The molecule has 0 saturated heterocycles. The van der Waals surface area contributed by atoms with E-state index in [-0.39, 0.29) is 11.5 Å². The molecular weight excluding hydrogens is 348 g/mol. The highest BCUT2D eigenvalue weighted by atomic mass is 16.5. The molecule has 136 valence electrons. The van der Waals surface area contributed by atoms with Crippen LogP contribution >= 0.6 is 0 Å². The summed E-state index contributed by atoms with van der Waals surface area (Å²) >= 11 is 0. The van der Waals surface area contributed by atoms with Gasteiger partial charge in [-0.25, -0.2) is 4.79 Å². The molecular formula is C18H16N6O3. The van der Waals surface area contributed by atoms with E-state index in [0.717, 1.165) is 28.6 Å². The lowest BCUT2D eigenvalue weighted by Crippen LogP contribution is -2.32. The van der Waals surface area contributed by atoms with E-state index in [1.165, 1.54) is 13.3 Å². The maximum atomic E-state index is 12.2. The van der Waals surface area contributed by atoms with Gasteiger partial charge in [-0.2, -0.15) is 10.1 Å². The van der Waals surface area contributed by atoms with Crippen LogP contribution in [0.4, 0.5) is 5.95 Å². The Morgan fingerprint density at radius 3 is 3.00 bits per heavy atom. The number of hydrogen-bond acceptors (Lipinski definition) is 6. The molecule has 1 aromatic carbocycles. The second-order valence-corrected chi connectivity index (χ2v) is 6.53. The van der Waals surface area contributed by atoms with Crippen molar-refractivity contribution >= 4 is 33.9 Å². The number of fused-ring (bicyclic) bond motifs is 4. The number of esters is 1. The number of aromatic amines is 3. The van der Waals surface area contributed by atoms with Gasteiger partial charge in [0.05, 0.1) is 18.9 Å². The van der Waals surface area contributed by atoms with Crippen LogP contribution in [0.5, 0.6) is 0 Å². The molecule has 27 heavy (non-hydrogen) atoms. The number of H-pyrrole nitrogens is 3. The topological polar surface area (TPSA) is 120 Å². The number of rotatable bonds is 2. The molecule has 0 amide bonds. The van der Waals surface area contributed by atoms with E-state index in [1.807, 2.05) is 17.0 Å². The number of anilines is 1. The maximum Gasteiger partial charge on any atom is 0.337 e. The van der Waals surface area contributed by atoms with Crippen LogP contribution in [0, 0.1) is 0 Å². The van der Waals surface area contributed by atoms with Crippen LogP contribution in [0.15, 0.2) is 29.2 Å². The van der Waals surface area contributed by atoms with Gasteiger partial charge < -0.3 is 14.6 Å². The molecule has 1 aliphatic rings. The average Bonchev–Trinajstić information content (AvgIpc) is 3.30. The van der Waals surface area contributed by atoms with Crippen molar-refractivity contribution in [2.24, 2.45) is 0 Å². The molecule has 0 atom stereocenters. The molecule has 9 heteroatoms. The Kier molecular flexibility index (Phi) is 3.30. The third-order valence-electron chi connectivity index (χ3n) is 5.00. The summed E-state index contributed by atoms with van der Waals surface area (Å²) in [4.78, 5) is 36.8. The summed E-state index contributed by atoms with van der Waals surface area (Å²) in [6, 6.07) is 5.48. The lowest BCUT2D eigenvalue weighted by Gasteiger charge is -2.27. The molecule has 0 bridgehead atoms. The summed E-state index contributed by atoms with van der Waals surface area (Å²) < 4.78 is 4.82. The van der Waals surface area contributed by atoms with Gasteiger partial charge >= 0.3 is 5.97 Å². The number of carbonyl (C=O) groups is 1. The Bertz CT molecular complexity index is 1250. The molecule has 4 aromatic rings. The number of aromatic nitrogens is 5. The van der Waals surface area contributed by atoms with Crippen LogP contribution in [0.2, 0.25) is 0 Å². The van der Waals surface area contributed by atoms with Crippen LogP contribution < -0.4 is 10.5 Å². The first-order valence-electron chi connectivity index (χ1n) is 8.54. The Balaban J connectivity index is 1.57. The van der Waals surface area contributed by atoms with E-state index in [4.69, 9.17) is 4.74 Å². The summed E-state index contributed by atoms with van der Waals surface area (Å²) in [5, 5.41) is 8.03. The predicted molar refractivity (Wildman–Crippen MR) is 98.9 cm³/mol. The van der Waals surface area contributed by atoms with Crippen molar-refractivity contribution in [3.8, 4) is 0 Å². The SMILES string of the molecule is COC(=O)c1ccc2[nH]c3c(c2c1)CN(c1nc2[nH]ncc2c(=O)[nH]1)CC3. The number of benzene rings is 1. The number of nitrogens with zero attached hydrogens (tertiary/aromatic N) is 3. The molecule has 9 nitrogen and oxygen atoms in total. The zero-order chi connectivity index (χ0) is 18.5. The lowest BCUT2D eigenvalue weighted by molar-refractivity contribution is 0.0601. The van der Waals surface area contributed by atoms with Crippen LogP contribution in [-0.2, 0) is 17.7 Å². The summed E-state index contributed by atoms with van der Waals surface area (Å²) in [5.74, 6) is 0.135. The Hall–Kier alpha value is -3.62. The van der Waals surface area contributed by atoms with Crippen molar-refractivity contribution in [1.82, 2.24) is 25.1 Å². The molecule has 0 radical (unpaired) electrons. The third kappa shape index (κ3) is 2.39. The van der Waals surface area contributed by atoms with Gasteiger partial charge in [0, 0.05) is 41.7 Å². The van der Waals surface area contributed by atoms with E-state index in [1.54, 1.807) is 6.07 Å². The fourth-order valence-electron chi connectivity index (χ4n) is 3.62. The van der Waals surface area contributed by atoms with Crippen molar-refractivity contribution in [1.29, 1.82) is 0 Å². The highest BCUT2D eigenvalue weighted by molar-refractivity contribution is 5.96. The first-order valence-corrected chi connectivity index (χ1v) is 8.54. The van der Waals surface area contributed by atoms with Gasteiger partial charge in [-0.3, -0.25) is 14.9 Å². The standard InChI is InChI=1S/C18H16N6O3/c1-27-17(26)9-2-3-13-10(6-9)12-8-24(5-4-14(12)20-13)18-21-15-11(7-19-23-15)16(25)22-18/h2-3,6-7,20H,4-5,8H2,1H3,(H2,19,21,22,23,25).